The number of nitro groups is 1. The molecule has 7 heteroatoms. The zero-order valence-electron chi connectivity index (χ0n) is 9.55. The summed E-state index contributed by atoms with van der Waals surface area (Å²) in [5, 5.41) is 11.5. The maximum absolute atomic E-state index is 11.7. The average molecular weight is 299 g/mol. The van der Waals surface area contributed by atoms with E-state index in [1.54, 1.807) is 18.2 Å². The van der Waals surface area contributed by atoms with Crippen LogP contribution in [-0.4, -0.2) is 9.49 Å². The summed E-state index contributed by atoms with van der Waals surface area (Å²) in [6, 6.07) is 7.27. The molecule has 0 unspecified atom stereocenters. The van der Waals surface area contributed by atoms with Crippen LogP contribution in [0.4, 0.5) is 5.69 Å². The van der Waals surface area contributed by atoms with Crippen LogP contribution in [0.5, 0.6) is 0 Å². The predicted molar refractivity (Wildman–Crippen MR) is 72.9 cm³/mol. The molecule has 0 atom stereocenters. The lowest BCUT2D eigenvalue weighted by molar-refractivity contribution is -0.385. The molecule has 0 spiro atoms. The van der Waals surface area contributed by atoms with Crippen molar-refractivity contribution in [3.05, 3.63) is 72.6 Å². The molecule has 98 valence electrons. The molecule has 0 fully saturated rings. The Kier molecular flexibility index (Phi) is 3.87. The van der Waals surface area contributed by atoms with Crippen LogP contribution in [-0.2, 0) is 6.54 Å². The van der Waals surface area contributed by atoms with Crippen molar-refractivity contribution < 1.29 is 4.92 Å². The van der Waals surface area contributed by atoms with E-state index in [9.17, 15) is 14.9 Å². The zero-order valence-corrected chi connectivity index (χ0v) is 11.1. The molecular weight excluding hydrogens is 291 g/mol. The molecule has 0 saturated heterocycles. The summed E-state index contributed by atoms with van der Waals surface area (Å²) in [4.78, 5) is 21.8. The van der Waals surface area contributed by atoms with E-state index in [-0.39, 0.29) is 17.8 Å². The van der Waals surface area contributed by atoms with Gasteiger partial charge in [-0.2, -0.15) is 0 Å². The molecule has 0 N–H and O–H groups in total. The minimum Gasteiger partial charge on any atom is -0.304 e. The first-order valence-electron chi connectivity index (χ1n) is 5.27. The van der Waals surface area contributed by atoms with E-state index in [1.807, 2.05) is 0 Å². The van der Waals surface area contributed by atoms with Crippen molar-refractivity contribution >= 4 is 28.9 Å². The molecule has 0 aliphatic rings. The fraction of sp³-hybridized carbons (Fsp3) is 0.0833. The molecule has 0 amide bonds. The standard InChI is InChI=1S/C12H8Cl2N2O3/c13-10-2-1-3-11(14)9(10)7-15-6-8(16(18)19)4-5-12(15)17/h1-6H,7H2. The smallest absolute Gasteiger partial charge is 0.285 e. The molecule has 0 bridgehead atoms. The highest BCUT2D eigenvalue weighted by Gasteiger charge is 2.11. The summed E-state index contributed by atoms with van der Waals surface area (Å²) < 4.78 is 1.20. The summed E-state index contributed by atoms with van der Waals surface area (Å²) in [6.45, 7) is 0.0824. The third kappa shape index (κ3) is 2.94. The molecule has 2 aromatic rings. The Morgan fingerprint density at radius 2 is 1.79 bits per heavy atom. The summed E-state index contributed by atoms with van der Waals surface area (Å²) in [7, 11) is 0. The number of aromatic nitrogens is 1. The van der Waals surface area contributed by atoms with Gasteiger partial charge in [-0.15, -0.1) is 0 Å². The molecule has 1 aromatic heterocycles. The Morgan fingerprint density at radius 3 is 2.37 bits per heavy atom. The number of pyridine rings is 1. The van der Waals surface area contributed by atoms with Crippen molar-refractivity contribution in [2.75, 3.05) is 0 Å². The molecule has 19 heavy (non-hydrogen) atoms. The lowest BCUT2D eigenvalue weighted by atomic mass is 10.2. The van der Waals surface area contributed by atoms with Gasteiger partial charge in [-0.25, -0.2) is 0 Å². The van der Waals surface area contributed by atoms with Crippen molar-refractivity contribution in [3.8, 4) is 0 Å². The summed E-state index contributed by atoms with van der Waals surface area (Å²) in [6.07, 6.45) is 1.17. The van der Waals surface area contributed by atoms with Gasteiger partial charge in [-0.05, 0) is 12.1 Å². The van der Waals surface area contributed by atoms with Crippen molar-refractivity contribution in [2.45, 2.75) is 6.54 Å². The third-order valence-electron chi connectivity index (χ3n) is 2.57. The number of halogens is 2. The SMILES string of the molecule is O=c1ccc([N+](=O)[O-])cn1Cc1c(Cl)cccc1Cl. The van der Waals surface area contributed by atoms with Gasteiger partial charge in [0.1, 0.15) is 0 Å². The molecule has 0 saturated carbocycles. The third-order valence-corrected chi connectivity index (χ3v) is 3.28. The van der Waals surface area contributed by atoms with Gasteiger partial charge < -0.3 is 4.57 Å². The van der Waals surface area contributed by atoms with E-state index < -0.39 is 4.92 Å². The monoisotopic (exact) mass is 298 g/mol. The number of hydrogen-bond acceptors (Lipinski definition) is 3. The Bertz CT molecular complexity index is 677. The molecule has 0 radical (unpaired) electrons. The maximum atomic E-state index is 11.7. The van der Waals surface area contributed by atoms with E-state index in [1.165, 1.54) is 10.8 Å². The zero-order chi connectivity index (χ0) is 14.0. The predicted octanol–water partition coefficient (Wildman–Crippen LogP) is 3.11. The molecule has 5 nitrogen and oxygen atoms in total. The minimum atomic E-state index is -0.565. The highest BCUT2D eigenvalue weighted by molar-refractivity contribution is 6.35. The summed E-state index contributed by atoms with van der Waals surface area (Å²) in [5.74, 6) is 0. The van der Waals surface area contributed by atoms with Crippen molar-refractivity contribution in [1.82, 2.24) is 4.57 Å². The first-order chi connectivity index (χ1) is 8.99. The van der Waals surface area contributed by atoms with Gasteiger partial charge in [0.2, 0.25) is 0 Å². The van der Waals surface area contributed by atoms with Crippen LogP contribution < -0.4 is 5.56 Å². The molecular formula is C12H8Cl2N2O3. The second-order valence-electron chi connectivity index (χ2n) is 3.81. The molecule has 1 aromatic carbocycles. The molecule has 1 heterocycles. The van der Waals surface area contributed by atoms with Crippen LogP contribution >= 0.6 is 23.2 Å². The Morgan fingerprint density at radius 1 is 1.16 bits per heavy atom. The van der Waals surface area contributed by atoms with Gasteiger partial charge in [0.25, 0.3) is 11.2 Å². The quantitative estimate of drug-likeness (QED) is 0.646. The maximum Gasteiger partial charge on any atom is 0.285 e. The van der Waals surface area contributed by atoms with Gasteiger partial charge in [-0.1, -0.05) is 29.3 Å². The normalized spacial score (nSPS) is 10.4. The second kappa shape index (κ2) is 5.42. The van der Waals surface area contributed by atoms with E-state index in [4.69, 9.17) is 23.2 Å². The number of nitrogens with zero attached hydrogens (tertiary/aromatic N) is 2. The largest absolute Gasteiger partial charge is 0.304 e. The first-order valence-corrected chi connectivity index (χ1v) is 6.02. The molecule has 0 aliphatic carbocycles. The van der Waals surface area contributed by atoms with Crippen molar-refractivity contribution in [1.29, 1.82) is 0 Å². The number of hydrogen-bond donors (Lipinski definition) is 0. The highest BCUT2D eigenvalue weighted by Crippen LogP contribution is 2.25. The van der Waals surface area contributed by atoms with Crippen LogP contribution in [0.15, 0.2) is 41.3 Å². The lowest BCUT2D eigenvalue weighted by Crippen LogP contribution is -2.19. The van der Waals surface area contributed by atoms with Crippen LogP contribution in [0.1, 0.15) is 5.56 Å². The molecule has 2 rings (SSSR count). The van der Waals surface area contributed by atoms with Crippen molar-refractivity contribution in [2.24, 2.45) is 0 Å². The first kappa shape index (κ1) is 13.6. The minimum absolute atomic E-state index is 0.0824. The Hall–Kier alpha value is -1.85. The van der Waals surface area contributed by atoms with Gasteiger partial charge >= 0.3 is 0 Å². The Labute approximate surface area is 118 Å². The second-order valence-corrected chi connectivity index (χ2v) is 4.63. The van der Waals surface area contributed by atoms with Crippen LogP contribution in [0.2, 0.25) is 10.0 Å². The van der Waals surface area contributed by atoms with Gasteiger partial charge in [-0.3, -0.25) is 14.9 Å². The van der Waals surface area contributed by atoms with E-state index in [2.05, 4.69) is 0 Å². The molecule has 0 aliphatic heterocycles. The fourth-order valence-corrected chi connectivity index (χ4v) is 2.12. The van der Waals surface area contributed by atoms with Gasteiger partial charge in [0, 0.05) is 27.7 Å². The highest BCUT2D eigenvalue weighted by atomic mass is 35.5. The topological polar surface area (TPSA) is 65.1 Å². The summed E-state index contributed by atoms with van der Waals surface area (Å²) in [5.41, 5.74) is 0.0257. The van der Waals surface area contributed by atoms with E-state index in [0.717, 1.165) is 12.1 Å². The lowest BCUT2D eigenvalue weighted by Gasteiger charge is -2.09. The van der Waals surface area contributed by atoms with Gasteiger partial charge in [0.15, 0.2) is 0 Å². The van der Waals surface area contributed by atoms with Crippen LogP contribution in [0.3, 0.4) is 0 Å². The fourth-order valence-electron chi connectivity index (χ4n) is 1.60. The van der Waals surface area contributed by atoms with Crippen molar-refractivity contribution in [3.63, 3.8) is 0 Å². The Balaban J connectivity index is 2.46. The average Bonchev–Trinajstić information content (AvgIpc) is 2.35. The van der Waals surface area contributed by atoms with Gasteiger partial charge in [0.05, 0.1) is 17.7 Å². The number of benzene rings is 1. The van der Waals surface area contributed by atoms with Crippen LogP contribution in [0.25, 0.3) is 0 Å². The van der Waals surface area contributed by atoms with E-state index >= 15 is 0 Å². The van der Waals surface area contributed by atoms with Crippen LogP contribution in [0, 0.1) is 10.1 Å². The van der Waals surface area contributed by atoms with E-state index in [0.29, 0.717) is 15.6 Å². The summed E-state index contributed by atoms with van der Waals surface area (Å²) >= 11 is 12.0. The number of rotatable bonds is 3.